The van der Waals surface area contributed by atoms with E-state index >= 15 is 0 Å². The zero-order valence-electron chi connectivity index (χ0n) is 23.1. The van der Waals surface area contributed by atoms with Crippen LogP contribution in [-0.4, -0.2) is 33.0 Å². The number of nitrogens with one attached hydrogen (secondary N) is 3. The number of benzene rings is 2. The smallest absolute Gasteiger partial charge is 0.353 e. The van der Waals surface area contributed by atoms with Crippen molar-refractivity contribution >= 4 is 34.0 Å². The van der Waals surface area contributed by atoms with Crippen LogP contribution in [0, 0.1) is 5.82 Å². The number of aromatic amines is 1. The highest BCUT2D eigenvalue weighted by Crippen LogP contribution is 2.38. The van der Waals surface area contributed by atoms with Crippen molar-refractivity contribution in [2.24, 2.45) is 7.05 Å². The summed E-state index contributed by atoms with van der Waals surface area (Å²) in [4.78, 5) is 33.5. The molecule has 7 nitrogen and oxygen atoms in total. The van der Waals surface area contributed by atoms with Gasteiger partial charge in [0.25, 0.3) is 5.56 Å². The van der Waals surface area contributed by atoms with Crippen molar-refractivity contribution in [1.82, 2.24) is 14.5 Å². The molecule has 44 heavy (non-hydrogen) atoms. The fraction of sp³-hybridized carbons (Fsp3) is 0.194. The van der Waals surface area contributed by atoms with E-state index in [0.29, 0.717) is 11.3 Å². The SMILES string of the molecule is Cn1cc(CC(F)(F)F)c2[nH]c(-c3ccnc(NC(=O)[C@@H](CC(F)F)c4ccc(F)cc4)c3)c(Nc3ccccc3)c2c1=O. The zero-order valence-corrected chi connectivity index (χ0v) is 23.1. The maximum atomic E-state index is 13.5. The van der Waals surface area contributed by atoms with Gasteiger partial charge in [-0.3, -0.25) is 9.59 Å². The number of carbonyl (C=O) groups is 1. The molecule has 0 fully saturated rings. The first-order chi connectivity index (χ1) is 20.9. The molecule has 0 aliphatic heterocycles. The van der Waals surface area contributed by atoms with Crippen LogP contribution in [0.2, 0.25) is 0 Å². The molecule has 0 spiro atoms. The lowest BCUT2D eigenvalue weighted by molar-refractivity contribution is -0.127. The van der Waals surface area contributed by atoms with E-state index in [1.54, 1.807) is 30.3 Å². The molecule has 5 aromatic rings. The molecule has 1 atom stereocenters. The van der Waals surface area contributed by atoms with E-state index in [0.717, 1.165) is 22.9 Å². The predicted molar refractivity (Wildman–Crippen MR) is 155 cm³/mol. The summed E-state index contributed by atoms with van der Waals surface area (Å²) in [5.74, 6) is -2.77. The Morgan fingerprint density at radius 3 is 2.41 bits per heavy atom. The number of aromatic nitrogens is 3. The molecule has 5 rings (SSSR count). The largest absolute Gasteiger partial charge is 0.393 e. The molecule has 0 saturated heterocycles. The predicted octanol–water partition coefficient (Wildman–Crippen LogP) is 7.29. The molecule has 0 unspecified atom stereocenters. The molecular weight excluding hydrogens is 588 g/mol. The third kappa shape index (κ3) is 6.77. The summed E-state index contributed by atoms with van der Waals surface area (Å²) in [6.45, 7) is 0. The zero-order chi connectivity index (χ0) is 31.6. The Morgan fingerprint density at radius 2 is 1.75 bits per heavy atom. The number of H-pyrrole nitrogens is 1. The number of fused-ring (bicyclic) bond motifs is 1. The second-order valence-corrected chi connectivity index (χ2v) is 10.1. The van der Waals surface area contributed by atoms with Crippen LogP contribution in [0.15, 0.2) is 83.9 Å². The molecule has 1 amide bonds. The van der Waals surface area contributed by atoms with Gasteiger partial charge in [-0.25, -0.2) is 18.2 Å². The van der Waals surface area contributed by atoms with E-state index in [9.17, 15) is 35.9 Å². The Morgan fingerprint density at radius 1 is 1.05 bits per heavy atom. The molecular formula is C31H25F6N5O2. The topological polar surface area (TPSA) is 91.8 Å². The molecule has 3 N–H and O–H groups in total. The third-order valence-electron chi connectivity index (χ3n) is 6.94. The van der Waals surface area contributed by atoms with Crippen LogP contribution in [-0.2, 0) is 18.3 Å². The highest BCUT2D eigenvalue weighted by molar-refractivity contribution is 6.04. The minimum absolute atomic E-state index is 0.0104. The number of carbonyl (C=O) groups excluding carboxylic acids is 1. The monoisotopic (exact) mass is 613 g/mol. The van der Waals surface area contributed by atoms with Crippen molar-refractivity contribution in [2.45, 2.75) is 31.4 Å². The Kier molecular flexibility index (Phi) is 8.47. The summed E-state index contributed by atoms with van der Waals surface area (Å²) in [5, 5.41) is 5.63. The molecule has 13 heteroatoms. The van der Waals surface area contributed by atoms with Gasteiger partial charge in [0.15, 0.2) is 0 Å². The first kappa shape index (κ1) is 30.4. The van der Waals surface area contributed by atoms with Crippen molar-refractivity contribution in [3.63, 3.8) is 0 Å². The van der Waals surface area contributed by atoms with Gasteiger partial charge in [0, 0.05) is 42.7 Å². The Bertz CT molecular complexity index is 1850. The van der Waals surface area contributed by atoms with Gasteiger partial charge in [-0.05, 0) is 42.0 Å². The molecule has 3 aromatic heterocycles. The quantitative estimate of drug-likeness (QED) is 0.152. The van der Waals surface area contributed by atoms with Gasteiger partial charge in [0.1, 0.15) is 11.6 Å². The summed E-state index contributed by atoms with van der Waals surface area (Å²) >= 11 is 0. The highest BCUT2D eigenvalue weighted by Gasteiger charge is 2.31. The van der Waals surface area contributed by atoms with Gasteiger partial charge >= 0.3 is 6.18 Å². The van der Waals surface area contributed by atoms with Crippen LogP contribution in [0.4, 0.5) is 43.5 Å². The normalized spacial score (nSPS) is 12.5. The number of halogens is 6. The Hall–Kier alpha value is -5.07. The van der Waals surface area contributed by atoms with E-state index in [-0.39, 0.29) is 39.2 Å². The summed E-state index contributed by atoms with van der Waals surface area (Å²) in [6.07, 6.45) is -7.07. The number of anilines is 3. The number of hydrogen-bond donors (Lipinski definition) is 3. The lowest BCUT2D eigenvalue weighted by Gasteiger charge is -2.17. The number of rotatable bonds is 9. The van der Waals surface area contributed by atoms with E-state index in [1.165, 1.54) is 37.5 Å². The summed E-state index contributed by atoms with van der Waals surface area (Å²) < 4.78 is 81.8. The van der Waals surface area contributed by atoms with Crippen molar-refractivity contribution in [3.8, 4) is 11.3 Å². The Balaban J connectivity index is 1.59. The average molecular weight is 614 g/mol. The summed E-state index contributed by atoms with van der Waals surface area (Å²) in [6, 6.07) is 16.2. The fourth-order valence-corrected chi connectivity index (χ4v) is 4.98. The number of para-hydroxylation sites is 1. The molecule has 0 bridgehead atoms. The van der Waals surface area contributed by atoms with E-state index in [1.807, 2.05) is 0 Å². The van der Waals surface area contributed by atoms with Gasteiger partial charge in [0.05, 0.1) is 34.6 Å². The van der Waals surface area contributed by atoms with Crippen LogP contribution in [0.3, 0.4) is 0 Å². The van der Waals surface area contributed by atoms with Crippen LogP contribution in [0.25, 0.3) is 22.2 Å². The van der Waals surface area contributed by atoms with Crippen molar-refractivity contribution < 1.29 is 31.1 Å². The fourth-order valence-electron chi connectivity index (χ4n) is 4.98. The number of nitrogens with zero attached hydrogens (tertiary/aromatic N) is 2. The number of amides is 1. The van der Waals surface area contributed by atoms with Gasteiger partial charge in [-0.1, -0.05) is 30.3 Å². The van der Waals surface area contributed by atoms with Crippen LogP contribution in [0.1, 0.15) is 23.5 Å². The standard InChI is InChI=1S/C31H25F6N5O2/c1-42-16-19(15-31(35,36)37)26-25(30(42)44)28(39-21-5-3-2-4-6-21)27(41-26)18-11-12-38-24(13-18)40-29(43)22(14-23(33)34)17-7-9-20(32)10-8-17/h2-13,16,22-23,39,41H,14-15H2,1H3,(H,38,40,43)/t22-/m0/s1. The van der Waals surface area contributed by atoms with Gasteiger partial charge in [-0.15, -0.1) is 0 Å². The highest BCUT2D eigenvalue weighted by atomic mass is 19.4. The van der Waals surface area contributed by atoms with E-state index < -0.39 is 48.6 Å². The minimum Gasteiger partial charge on any atom is -0.353 e. The van der Waals surface area contributed by atoms with Crippen LogP contribution < -0.4 is 16.2 Å². The summed E-state index contributed by atoms with van der Waals surface area (Å²) in [7, 11) is 1.36. The van der Waals surface area contributed by atoms with E-state index in [2.05, 4.69) is 20.6 Å². The van der Waals surface area contributed by atoms with Crippen LogP contribution >= 0.6 is 0 Å². The van der Waals surface area contributed by atoms with Crippen molar-refractivity contribution in [1.29, 1.82) is 0 Å². The van der Waals surface area contributed by atoms with Crippen molar-refractivity contribution in [3.05, 3.63) is 106 Å². The number of pyridine rings is 2. The lowest BCUT2D eigenvalue weighted by Crippen LogP contribution is -2.23. The number of alkyl halides is 5. The van der Waals surface area contributed by atoms with Gasteiger partial charge in [0.2, 0.25) is 12.3 Å². The average Bonchev–Trinajstić information content (AvgIpc) is 3.34. The van der Waals surface area contributed by atoms with E-state index in [4.69, 9.17) is 0 Å². The Labute approximate surface area is 246 Å². The molecule has 0 aliphatic carbocycles. The molecule has 2 aromatic carbocycles. The number of hydrogen-bond acceptors (Lipinski definition) is 4. The summed E-state index contributed by atoms with van der Waals surface area (Å²) in [5.41, 5.74) is 0.759. The first-order valence-corrected chi connectivity index (χ1v) is 13.3. The third-order valence-corrected chi connectivity index (χ3v) is 6.94. The second kappa shape index (κ2) is 12.3. The molecule has 0 radical (unpaired) electrons. The molecule has 228 valence electrons. The van der Waals surface area contributed by atoms with Crippen LogP contribution in [0.5, 0.6) is 0 Å². The maximum Gasteiger partial charge on any atom is 0.393 e. The molecule has 0 aliphatic rings. The number of aryl methyl sites for hydroxylation is 1. The minimum atomic E-state index is -4.56. The molecule has 3 heterocycles. The first-order valence-electron chi connectivity index (χ1n) is 13.3. The van der Waals surface area contributed by atoms with Crippen molar-refractivity contribution in [2.75, 3.05) is 10.6 Å². The second-order valence-electron chi connectivity index (χ2n) is 10.1. The van der Waals surface area contributed by atoms with Gasteiger partial charge < -0.3 is 20.2 Å². The molecule has 0 saturated carbocycles. The lowest BCUT2D eigenvalue weighted by atomic mass is 9.95. The maximum absolute atomic E-state index is 13.5. The van der Waals surface area contributed by atoms with Gasteiger partial charge in [-0.2, -0.15) is 13.2 Å².